The summed E-state index contributed by atoms with van der Waals surface area (Å²) in [6.45, 7) is 9.34. The quantitative estimate of drug-likeness (QED) is 0.0763. The number of nitrogens with one attached hydrogen (secondary N) is 2. The molecule has 0 saturated carbocycles. The second-order valence-corrected chi connectivity index (χ2v) is 21.3. The number of aromatic amines is 1. The number of amides is 1. The van der Waals surface area contributed by atoms with Crippen molar-refractivity contribution in [2.24, 2.45) is 4.99 Å². The molecule has 61 heavy (non-hydrogen) atoms. The average Bonchev–Trinajstić information content (AvgIpc) is 3.71. The fourth-order valence-electron chi connectivity index (χ4n) is 8.25. The van der Waals surface area contributed by atoms with Crippen LogP contribution < -0.4 is 26.0 Å². The molecule has 8 rings (SSSR count). The first-order valence-electron chi connectivity index (χ1n) is 20.6. The molecular weight excluding hydrogens is 818 g/mol. The van der Waals surface area contributed by atoms with Gasteiger partial charge in [-0.2, -0.15) is 4.98 Å². The Kier molecular flexibility index (Phi) is 14.0. The Morgan fingerprint density at radius 2 is 1.64 bits per heavy atom. The number of ether oxygens (including phenoxy) is 2. The van der Waals surface area contributed by atoms with E-state index in [1.807, 2.05) is 66.7 Å². The van der Waals surface area contributed by atoms with Gasteiger partial charge in [0.15, 0.2) is 17.8 Å². The molecule has 324 valence electrons. The second kappa shape index (κ2) is 19.4. The minimum Gasteiger partial charge on any atom is -0.484 e. The maximum absolute atomic E-state index is 12.9. The number of carbonyl (C=O) groups excluding carboxylic acids is 1. The summed E-state index contributed by atoms with van der Waals surface area (Å²) in [7, 11) is -6.77. The Hall–Kier alpha value is -5.00. The third-order valence-corrected chi connectivity index (χ3v) is 16.6. The molecule has 18 heteroatoms. The molecule has 5 heterocycles. The van der Waals surface area contributed by atoms with E-state index in [1.54, 1.807) is 24.3 Å². The number of benzene rings is 3. The molecule has 2 aromatic heterocycles. The van der Waals surface area contributed by atoms with Gasteiger partial charge in [-0.1, -0.05) is 106 Å². The number of aliphatic hydroxyl groups is 1. The average molecular weight is 872 g/mol. The summed E-state index contributed by atoms with van der Waals surface area (Å²) in [4.78, 5) is 53.5. The van der Waals surface area contributed by atoms with E-state index in [0.29, 0.717) is 5.75 Å². The topological polar surface area (TPSA) is 203 Å². The molecule has 1 unspecified atom stereocenters. The number of carbonyl (C=O) groups is 1. The fraction of sp³-hybridized carbons (Fsp3) is 0.419. The van der Waals surface area contributed by atoms with Gasteiger partial charge in [-0.05, 0) is 46.8 Å². The van der Waals surface area contributed by atoms with Crippen molar-refractivity contribution >= 4 is 55.8 Å². The molecule has 0 radical (unpaired) electrons. The molecule has 3 aromatic carbocycles. The number of fused-ring (bicyclic) bond motifs is 2. The number of amidine groups is 1. The molecule has 16 nitrogen and oxygen atoms in total. The predicted octanol–water partition coefficient (Wildman–Crippen LogP) is 4.75. The van der Waals surface area contributed by atoms with Crippen LogP contribution in [0.2, 0.25) is 5.04 Å². The summed E-state index contributed by atoms with van der Waals surface area (Å²) >= 11 is 0. The van der Waals surface area contributed by atoms with E-state index in [1.165, 1.54) is 61.9 Å². The summed E-state index contributed by atoms with van der Waals surface area (Å²) in [5.74, 6) is -1.11. The number of nitrogens with zero attached hydrogens (tertiary/aromatic N) is 5. The van der Waals surface area contributed by atoms with Crippen LogP contribution in [0, 0.1) is 0 Å². The van der Waals surface area contributed by atoms with Crippen molar-refractivity contribution in [2.45, 2.75) is 82.5 Å². The van der Waals surface area contributed by atoms with Crippen LogP contribution in [0.25, 0.3) is 11.2 Å². The van der Waals surface area contributed by atoms with Crippen LogP contribution in [-0.4, -0.2) is 99.2 Å². The van der Waals surface area contributed by atoms with Gasteiger partial charge in [-0.15, -0.1) is 0 Å². The Morgan fingerprint density at radius 1 is 0.984 bits per heavy atom. The Labute approximate surface area is 356 Å². The van der Waals surface area contributed by atoms with Crippen LogP contribution in [0.15, 0.2) is 107 Å². The lowest BCUT2D eigenvalue weighted by Crippen LogP contribution is -2.67. The Bertz CT molecular complexity index is 2320. The van der Waals surface area contributed by atoms with Crippen molar-refractivity contribution in [3.05, 3.63) is 108 Å². The number of hydrogen-bond acceptors (Lipinski definition) is 12. The zero-order chi connectivity index (χ0) is 43.0. The van der Waals surface area contributed by atoms with E-state index in [9.17, 15) is 24.2 Å². The molecule has 3 aliphatic rings. The molecule has 4 N–H and O–H groups in total. The summed E-state index contributed by atoms with van der Waals surface area (Å²) in [6, 6.07) is 28.5. The van der Waals surface area contributed by atoms with Crippen LogP contribution in [0.4, 0.5) is 5.95 Å². The van der Waals surface area contributed by atoms with E-state index < -0.39 is 51.2 Å². The molecule has 5 aromatic rings. The lowest BCUT2D eigenvalue weighted by atomic mass is 10.1. The summed E-state index contributed by atoms with van der Waals surface area (Å²) in [6.07, 6.45) is 5.30. The van der Waals surface area contributed by atoms with Crippen LogP contribution in [-0.2, 0) is 23.0 Å². The van der Waals surface area contributed by atoms with Gasteiger partial charge in [-0.25, -0.2) is 4.98 Å². The van der Waals surface area contributed by atoms with E-state index in [2.05, 4.69) is 50.9 Å². The molecule has 4 atom stereocenters. The minimum absolute atomic E-state index is 0.0329. The number of aliphatic imine (C=N–C) groups is 1. The number of imidazole rings is 1. The normalized spacial score (nSPS) is 21.1. The largest absolute Gasteiger partial charge is 0.484 e. The van der Waals surface area contributed by atoms with Crippen molar-refractivity contribution in [3.63, 3.8) is 0 Å². The third kappa shape index (κ3) is 10.2. The number of H-pyrrole nitrogens is 1. The van der Waals surface area contributed by atoms with E-state index in [-0.39, 0.29) is 36.7 Å². The van der Waals surface area contributed by atoms with Gasteiger partial charge in [0, 0.05) is 26.1 Å². The lowest BCUT2D eigenvalue weighted by molar-refractivity contribution is -0.183. The van der Waals surface area contributed by atoms with Gasteiger partial charge in [-0.3, -0.25) is 38.5 Å². The van der Waals surface area contributed by atoms with Gasteiger partial charge in [0.25, 0.3) is 19.8 Å². The SMILES string of the molecule is C1CCC2=NCCCN2CC1.CC(C)(C)[Si](OC[C@H]1O[C@@H](n2cnc3c(=O)[nH]c(NC(=O)COc4ccccc4)nc32)C[C@@]1(O)O[PH](=O)O)(c1ccccc1)c1ccccc1. The minimum atomic E-state index is -3.66. The van der Waals surface area contributed by atoms with Crippen LogP contribution in [0.5, 0.6) is 5.75 Å². The summed E-state index contributed by atoms with van der Waals surface area (Å²) in [5, 5.41) is 15.8. The molecule has 0 spiro atoms. The van der Waals surface area contributed by atoms with Crippen molar-refractivity contribution < 1.29 is 37.8 Å². The number of para-hydroxylation sites is 1. The highest BCUT2D eigenvalue weighted by Crippen LogP contribution is 2.44. The maximum Gasteiger partial charge on any atom is 0.319 e. The highest BCUT2D eigenvalue weighted by molar-refractivity contribution is 7.32. The standard InChI is InChI=1S/C34H38N5O9PSi.C9H16N2/c1-33(2,3)50(24-15-9-5-10-16-24,25-17-11-6-12-18-25)46-20-26-34(42,48-49(43)44)19-28(47-26)39-22-35-29-30(39)37-32(38-31(29)41)36-27(40)21-45-23-13-7-4-8-14-23;1-2-5-9-10-6-4-8-11(9)7-3-1/h4-18,22,26,28,42,49H,19-21H2,1-3H3,(H,43,44)(H2,36,37,38,40,41);1-8H2/t26-,28-,34-;/m1./s1. The van der Waals surface area contributed by atoms with Gasteiger partial charge in [0.1, 0.15) is 18.1 Å². The van der Waals surface area contributed by atoms with Crippen LogP contribution in [0.3, 0.4) is 0 Å². The van der Waals surface area contributed by atoms with Crippen molar-refractivity contribution in [1.29, 1.82) is 0 Å². The molecule has 0 aliphatic carbocycles. The fourth-order valence-corrected chi connectivity index (χ4v) is 13.3. The highest BCUT2D eigenvalue weighted by atomic mass is 31.1. The number of hydrogen-bond donors (Lipinski definition) is 4. The smallest absolute Gasteiger partial charge is 0.319 e. The molecule has 1 amide bonds. The molecular formula is C43H54N7O9PSi. The van der Waals surface area contributed by atoms with E-state index in [4.69, 9.17) is 18.4 Å². The van der Waals surface area contributed by atoms with Gasteiger partial charge in [0.2, 0.25) is 11.7 Å². The second-order valence-electron chi connectivity index (χ2n) is 16.3. The van der Waals surface area contributed by atoms with Crippen molar-refractivity contribution in [1.82, 2.24) is 24.4 Å². The number of aromatic nitrogens is 4. The van der Waals surface area contributed by atoms with Crippen molar-refractivity contribution in [2.75, 3.05) is 38.2 Å². The van der Waals surface area contributed by atoms with E-state index >= 15 is 0 Å². The first-order valence-corrected chi connectivity index (χ1v) is 23.8. The monoisotopic (exact) mass is 871 g/mol. The lowest BCUT2D eigenvalue weighted by Gasteiger charge is -2.44. The molecule has 3 aliphatic heterocycles. The maximum atomic E-state index is 12.9. The van der Waals surface area contributed by atoms with Crippen LogP contribution in [0.1, 0.15) is 65.5 Å². The molecule has 2 saturated heterocycles. The van der Waals surface area contributed by atoms with Gasteiger partial charge < -0.3 is 28.8 Å². The zero-order valence-electron chi connectivity index (χ0n) is 34.7. The Balaban J connectivity index is 0.000000439. The van der Waals surface area contributed by atoms with Gasteiger partial charge in [0.05, 0.1) is 25.2 Å². The van der Waals surface area contributed by atoms with Crippen LogP contribution >= 0.6 is 8.25 Å². The summed E-state index contributed by atoms with van der Waals surface area (Å²) < 4.78 is 37.4. The first kappa shape index (κ1) is 44.1. The number of rotatable bonds is 12. The third-order valence-electron chi connectivity index (χ3n) is 11.1. The number of anilines is 1. The van der Waals surface area contributed by atoms with E-state index in [0.717, 1.165) is 16.9 Å². The molecule has 0 bridgehead atoms. The first-order chi connectivity index (χ1) is 29.4. The van der Waals surface area contributed by atoms with Crippen molar-refractivity contribution in [3.8, 4) is 5.75 Å². The predicted molar refractivity (Wildman–Crippen MR) is 235 cm³/mol. The summed E-state index contributed by atoms with van der Waals surface area (Å²) in [5.41, 5.74) is -0.658. The Morgan fingerprint density at radius 3 is 2.30 bits per heavy atom. The zero-order valence-corrected chi connectivity index (χ0v) is 36.7. The molecule has 2 fully saturated rings. The van der Waals surface area contributed by atoms with Gasteiger partial charge >= 0.3 is 8.25 Å². The highest BCUT2D eigenvalue weighted by Gasteiger charge is 2.55.